The number of nitrogens with zero attached hydrogens (tertiary/aromatic N) is 1. The molecule has 0 aliphatic carbocycles. The first-order chi connectivity index (χ1) is 16.4. The predicted octanol–water partition coefficient (Wildman–Crippen LogP) is 6.03. The molecule has 0 saturated heterocycles. The van der Waals surface area contributed by atoms with Gasteiger partial charge in [-0.2, -0.15) is 5.10 Å². The van der Waals surface area contributed by atoms with Crippen molar-refractivity contribution < 1.29 is 14.3 Å². The molecule has 172 valence electrons. The highest BCUT2D eigenvalue weighted by atomic mass is 35.5. The fourth-order valence-corrected chi connectivity index (χ4v) is 4.49. The normalized spacial score (nSPS) is 11.3. The summed E-state index contributed by atoms with van der Waals surface area (Å²) < 4.78 is 6.63. The van der Waals surface area contributed by atoms with Gasteiger partial charge in [0.25, 0.3) is 11.8 Å². The number of nitrogens with one attached hydrogen (secondary N) is 2. The van der Waals surface area contributed by atoms with Crippen LogP contribution in [-0.4, -0.2) is 24.1 Å². The Morgan fingerprint density at radius 3 is 2.59 bits per heavy atom. The third kappa shape index (κ3) is 5.62. The van der Waals surface area contributed by atoms with Gasteiger partial charge in [0, 0.05) is 26.2 Å². The van der Waals surface area contributed by atoms with E-state index in [1.807, 2.05) is 55.6 Å². The zero-order chi connectivity index (χ0) is 24.1. The highest BCUT2D eigenvalue weighted by molar-refractivity contribution is 7.17. The monoisotopic (exact) mass is 491 g/mol. The van der Waals surface area contributed by atoms with E-state index in [0.717, 1.165) is 21.2 Å². The number of hydrazone groups is 1. The molecule has 1 aromatic heterocycles. The third-order valence-corrected chi connectivity index (χ3v) is 6.33. The summed E-state index contributed by atoms with van der Waals surface area (Å²) in [5.41, 5.74) is 6.18. The number of fused-ring (bicyclic) bond motifs is 1. The number of carbonyl (C=O) groups excluding carboxylic acids is 2. The van der Waals surface area contributed by atoms with Crippen molar-refractivity contribution in [3.8, 4) is 5.75 Å². The highest BCUT2D eigenvalue weighted by Gasteiger charge is 2.12. The van der Waals surface area contributed by atoms with Crippen LogP contribution >= 0.6 is 22.9 Å². The van der Waals surface area contributed by atoms with Crippen LogP contribution in [0, 0.1) is 6.92 Å². The number of thiophene rings is 1. The number of hydrogen-bond donors (Lipinski definition) is 2. The van der Waals surface area contributed by atoms with E-state index in [0.29, 0.717) is 27.7 Å². The Balaban J connectivity index is 1.32. The maximum absolute atomic E-state index is 12.6. The van der Waals surface area contributed by atoms with Gasteiger partial charge >= 0.3 is 0 Å². The molecule has 34 heavy (non-hydrogen) atoms. The summed E-state index contributed by atoms with van der Waals surface area (Å²) in [4.78, 5) is 24.8. The first kappa shape index (κ1) is 23.5. The maximum Gasteiger partial charge on any atom is 0.272 e. The van der Waals surface area contributed by atoms with Crippen LogP contribution in [0.1, 0.15) is 28.4 Å². The number of aryl methyl sites for hydroxylation is 1. The summed E-state index contributed by atoms with van der Waals surface area (Å²) in [5.74, 6) is 0.0820. The fourth-order valence-electron chi connectivity index (χ4n) is 3.32. The van der Waals surface area contributed by atoms with Crippen LogP contribution in [0.2, 0.25) is 5.02 Å². The summed E-state index contributed by atoms with van der Waals surface area (Å²) >= 11 is 7.46. The second kappa shape index (κ2) is 10.5. The van der Waals surface area contributed by atoms with Crippen LogP contribution in [-0.2, 0) is 4.79 Å². The first-order valence-corrected chi connectivity index (χ1v) is 11.8. The Hall–Kier alpha value is -3.68. The average molecular weight is 492 g/mol. The lowest BCUT2D eigenvalue weighted by Gasteiger charge is -2.10. The Kier molecular flexibility index (Phi) is 7.25. The van der Waals surface area contributed by atoms with Gasteiger partial charge in [-0.15, -0.1) is 11.3 Å². The topological polar surface area (TPSA) is 79.8 Å². The van der Waals surface area contributed by atoms with E-state index in [1.165, 1.54) is 11.3 Å². The number of halogens is 1. The van der Waals surface area contributed by atoms with Crippen LogP contribution in [0.25, 0.3) is 10.1 Å². The van der Waals surface area contributed by atoms with Crippen molar-refractivity contribution in [2.45, 2.75) is 13.8 Å². The average Bonchev–Trinajstić information content (AvgIpc) is 3.26. The van der Waals surface area contributed by atoms with Gasteiger partial charge in [0.05, 0.1) is 11.3 Å². The maximum atomic E-state index is 12.6. The van der Waals surface area contributed by atoms with Gasteiger partial charge in [0.1, 0.15) is 5.75 Å². The molecule has 0 aliphatic heterocycles. The summed E-state index contributed by atoms with van der Waals surface area (Å²) in [7, 11) is 0. The number of ether oxygens (including phenoxy) is 1. The molecule has 0 radical (unpaired) electrons. The molecule has 1 heterocycles. The number of rotatable bonds is 7. The lowest BCUT2D eigenvalue weighted by molar-refractivity contribution is -0.118. The van der Waals surface area contributed by atoms with Crippen molar-refractivity contribution in [2.75, 3.05) is 11.9 Å². The van der Waals surface area contributed by atoms with E-state index < -0.39 is 0 Å². The minimum Gasteiger partial charge on any atom is -0.483 e. The zero-order valence-corrected chi connectivity index (χ0v) is 20.2. The molecule has 0 bridgehead atoms. The van der Waals surface area contributed by atoms with Gasteiger partial charge in [-0.25, -0.2) is 5.43 Å². The molecule has 6 nitrogen and oxygen atoms in total. The largest absolute Gasteiger partial charge is 0.483 e. The van der Waals surface area contributed by atoms with Gasteiger partial charge in [-0.05, 0) is 61.4 Å². The number of benzene rings is 3. The van der Waals surface area contributed by atoms with Crippen LogP contribution in [0.15, 0.2) is 77.2 Å². The zero-order valence-electron chi connectivity index (χ0n) is 18.6. The summed E-state index contributed by atoms with van der Waals surface area (Å²) in [6, 6.07) is 20.2. The Bertz CT molecular complexity index is 1380. The molecule has 2 amide bonds. The molecular formula is C26H22ClN3O3S. The minimum atomic E-state index is -0.275. The van der Waals surface area contributed by atoms with Crippen molar-refractivity contribution in [1.82, 2.24) is 5.43 Å². The molecule has 3 aromatic carbocycles. The Morgan fingerprint density at radius 2 is 1.82 bits per heavy atom. The van der Waals surface area contributed by atoms with Crippen LogP contribution in [0.5, 0.6) is 5.75 Å². The smallest absolute Gasteiger partial charge is 0.272 e. The van der Waals surface area contributed by atoms with Gasteiger partial charge in [0.2, 0.25) is 0 Å². The summed E-state index contributed by atoms with van der Waals surface area (Å²) in [5, 5.41) is 10.4. The standard InChI is InChI=1S/C26H22ClN3O3S/c1-16-13-19(27)9-12-23(16)33-14-25(31)28-20-10-7-18(8-11-20)17(2)29-30-26(32)22-15-34-24-6-4-3-5-21(22)24/h3-13,15H,14H2,1-2H3,(H,28,31)(H,30,32). The first-order valence-electron chi connectivity index (χ1n) is 10.5. The SMILES string of the molecule is CC(=NNC(=O)c1csc2ccccc12)c1ccc(NC(=O)COc2ccc(Cl)cc2C)cc1. The molecule has 0 aliphatic rings. The van der Waals surface area contributed by atoms with Crippen LogP contribution in [0.3, 0.4) is 0 Å². The lowest BCUT2D eigenvalue weighted by Crippen LogP contribution is -2.20. The summed E-state index contributed by atoms with van der Waals surface area (Å²) in [6.07, 6.45) is 0. The van der Waals surface area contributed by atoms with Crippen LogP contribution < -0.4 is 15.5 Å². The Morgan fingerprint density at radius 1 is 1.06 bits per heavy atom. The van der Waals surface area contributed by atoms with E-state index >= 15 is 0 Å². The van der Waals surface area contributed by atoms with Crippen molar-refractivity contribution in [2.24, 2.45) is 5.10 Å². The molecular weight excluding hydrogens is 470 g/mol. The van der Waals surface area contributed by atoms with Crippen molar-refractivity contribution in [1.29, 1.82) is 0 Å². The van der Waals surface area contributed by atoms with E-state index in [9.17, 15) is 9.59 Å². The van der Waals surface area contributed by atoms with Gasteiger partial charge in [0.15, 0.2) is 6.61 Å². The molecule has 0 atom stereocenters. The van der Waals surface area contributed by atoms with E-state index in [4.69, 9.17) is 16.3 Å². The molecule has 2 N–H and O–H groups in total. The number of anilines is 1. The molecule has 4 aromatic rings. The second-order valence-corrected chi connectivity index (χ2v) is 8.96. The third-order valence-electron chi connectivity index (χ3n) is 5.13. The number of carbonyl (C=O) groups is 2. The van der Waals surface area contributed by atoms with Crippen molar-refractivity contribution >= 4 is 56.2 Å². The van der Waals surface area contributed by atoms with E-state index in [2.05, 4.69) is 15.8 Å². The van der Waals surface area contributed by atoms with Crippen molar-refractivity contribution in [3.63, 3.8) is 0 Å². The quantitative estimate of drug-likeness (QED) is 0.244. The number of amides is 2. The van der Waals surface area contributed by atoms with Crippen molar-refractivity contribution in [3.05, 3.63) is 93.8 Å². The lowest BCUT2D eigenvalue weighted by atomic mass is 10.1. The van der Waals surface area contributed by atoms with E-state index in [1.54, 1.807) is 30.3 Å². The van der Waals surface area contributed by atoms with Gasteiger partial charge in [-0.1, -0.05) is 41.9 Å². The predicted molar refractivity (Wildman–Crippen MR) is 138 cm³/mol. The highest BCUT2D eigenvalue weighted by Crippen LogP contribution is 2.25. The van der Waals surface area contributed by atoms with Crippen LogP contribution in [0.4, 0.5) is 5.69 Å². The molecule has 0 unspecified atom stereocenters. The second-order valence-electron chi connectivity index (χ2n) is 7.61. The summed E-state index contributed by atoms with van der Waals surface area (Å²) in [6.45, 7) is 3.56. The molecule has 0 spiro atoms. The van der Waals surface area contributed by atoms with Gasteiger partial charge < -0.3 is 10.1 Å². The molecule has 0 fully saturated rings. The Labute approximate surface area is 206 Å². The number of hydrogen-bond acceptors (Lipinski definition) is 5. The minimum absolute atomic E-state index is 0.117. The van der Waals surface area contributed by atoms with E-state index in [-0.39, 0.29) is 18.4 Å². The molecule has 8 heteroatoms. The fraction of sp³-hybridized carbons (Fsp3) is 0.115. The molecule has 4 rings (SSSR count). The van der Waals surface area contributed by atoms with Gasteiger partial charge in [-0.3, -0.25) is 9.59 Å². The molecule has 0 saturated carbocycles.